The van der Waals surface area contributed by atoms with E-state index >= 15 is 0 Å². The van der Waals surface area contributed by atoms with Crippen molar-refractivity contribution in [2.75, 3.05) is 56.6 Å². The zero-order chi connectivity index (χ0) is 18.4. The monoisotopic (exact) mass is 355 g/mol. The number of methoxy groups -OCH3 is 1. The maximum absolute atomic E-state index is 5.28. The number of aromatic nitrogens is 2. The highest BCUT2D eigenvalue weighted by atomic mass is 16.5. The van der Waals surface area contributed by atoms with Gasteiger partial charge in [-0.15, -0.1) is 0 Å². The van der Waals surface area contributed by atoms with Gasteiger partial charge in [0, 0.05) is 44.5 Å². The lowest BCUT2D eigenvalue weighted by Crippen LogP contribution is -2.46. The first-order chi connectivity index (χ1) is 12.7. The molecule has 0 unspecified atom stereocenters. The molecule has 0 saturated carbocycles. The zero-order valence-electron chi connectivity index (χ0n) is 16.0. The Hall–Kier alpha value is -2.34. The number of anilines is 2. The molecule has 0 aliphatic carbocycles. The number of likely N-dealkylation sites (N-methyl/N-ethyl adjacent to an activating group) is 1. The molecule has 26 heavy (non-hydrogen) atoms. The Balaban J connectivity index is 1.59. The lowest BCUT2D eigenvalue weighted by atomic mass is 10.1. The molecule has 0 radical (unpaired) electrons. The van der Waals surface area contributed by atoms with E-state index in [1.807, 2.05) is 19.1 Å². The summed E-state index contributed by atoms with van der Waals surface area (Å²) < 4.78 is 5.28. The van der Waals surface area contributed by atoms with E-state index in [4.69, 9.17) is 9.72 Å². The molecule has 1 N–H and O–H groups in total. The van der Waals surface area contributed by atoms with Gasteiger partial charge in [0.25, 0.3) is 0 Å². The molecule has 1 aromatic heterocycles. The summed E-state index contributed by atoms with van der Waals surface area (Å²) >= 11 is 0. The fraction of sp³-hybridized carbons (Fsp3) is 0.500. The Morgan fingerprint density at radius 3 is 2.65 bits per heavy atom. The van der Waals surface area contributed by atoms with Crippen LogP contribution in [0.3, 0.4) is 0 Å². The third kappa shape index (κ3) is 4.85. The highest BCUT2D eigenvalue weighted by molar-refractivity contribution is 5.45. The Morgan fingerprint density at radius 1 is 1.12 bits per heavy atom. The first kappa shape index (κ1) is 18.5. The van der Waals surface area contributed by atoms with E-state index in [0.29, 0.717) is 5.95 Å². The normalized spacial score (nSPS) is 15.1. The van der Waals surface area contributed by atoms with Crippen molar-refractivity contribution in [3.63, 3.8) is 0 Å². The van der Waals surface area contributed by atoms with E-state index in [0.717, 1.165) is 63.0 Å². The summed E-state index contributed by atoms with van der Waals surface area (Å²) in [7, 11) is 1.69. The first-order valence-corrected chi connectivity index (χ1v) is 9.37. The van der Waals surface area contributed by atoms with Crippen molar-refractivity contribution in [1.29, 1.82) is 0 Å². The van der Waals surface area contributed by atoms with Gasteiger partial charge in [-0.3, -0.25) is 0 Å². The lowest BCUT2D eigenvalue weighted by Gasteiger charge is -2.34. The molecule has 2 heterocycles. The minimum absolute atomic E-state index is 0.709. The first-order valence-electron chi connectivity index (χ1n) is 9.37. The van der Waals surface area contributed by atoms with Crippen molar-refractivity contribution in [3.05, 3.63) is 41.6 Å². The SMILES string of the molecule is CCN1CCN(c2cc(C)nc(NCCc3cccc(OC)c3)n2)CC1. The van der Waals surface area contributed by atoms with Crippen LogP contribution in [0.2, 0.25) is 0 Å². The number of rotatable bonds is 7. The van der Waals surface area contributed by atoms with Crippen LogP contribution in [0.5, 0.6) is 5.75 Å². The molecule has 1 saturated heterocycles. The standard InChI is InChI=1S/C20H29N5O/c1-4-24-10-12-25(13-11-24)19-14-16(2)22-20(23-19)21-9-8-17-6-5-7-18(15-17)26-3/h5-7,14-15H,4,8-13H2,1-3H3,(H,21,22,23). The van der Waals surface area contributed by atoms with Gasteiger partial charge in [0.15, 0.2) is 0 Å². The maximum Gasteiger partial charge on any atom is 0.224 e. The molecule has 1 aromatic carbocycles. The smallest absolute Gasteiger partial charge is 0.224 e. The molecular formula is C20H29N5O. The van der Waals surface area contributed by atoms with Crippen LogP contribution in [0.15, 0.2) is 30.3 Å². The molecule has 0 amide bonds. The van der Waals surface area contributed by atoms with Crippen molar-refractivity contribution < 1.29 is 4.74 Å². The third-order valence-corrected chi connectivity index (χ3v) is 4.82. The molecule has 6 nitrogen and oxygen atoms in total. The molecule has 0 atom stereocenters. The van der Waals surface area contributed by atoms with Crippen LogP contribution in [0.25, 0.3) is 0 Å². The van der Waals surface area contributed by atoms with Crippen LogP contribution >= 0.6 is 0 Å². The predicted octanol–water partition coefficient (Wildman–Crippen LogP) is 2.59. The highest BCUT2D eigenvalue weighted by Crippen LogP contribution is 2.17. The van der Waals surface area contributed by atoms with Crippen LogP contribution in [0.1, 0.15) is 18.2 Å². The van der Waals surface area contributed by atoms with Gasteiger partial charge in [0.2, 0.25) is 5.95 Å². The van der Waals surface area contributed by atoms with Crippen molar-refractivity contribution in [3.8, 4) is 5.75 Å². The Labute approximate surface area is 156 Å². The van der Waals surface area contributed by atoms with Gasteiger partial charge in [-0.1, -0.05) is 19.1 Å². The number of aryl methyl sites for hydroxylation is 1. The fourth-order valence-electron chi connectivity index (χ4n) is 3.23. The minimum atomic E-state index is 0.709. The second-order valence-electron chi connectivity index (χ2n) is 6.64. The Morgan fingerprint density at radius 2 is 1.92 bits per heavy atom. The Bertz CT molecular complexity index is 713. The summed E-state index contributed by atoms with van der Waals surface area (Å²) in [4.78, 5) is 14.1. The molecule has 1 aliphatic heterocycles. The highest BCUT2D eigenvalue weighted by Gasteiger charge is 2.17. The van der Waals surface area contributed by atoms with Crippen LogP contribution < -0.4 is 15.0 Å². The number of nitrogens with one attached hydrogen (secondary N) is 1. The molecule has 6 heteroatoms. The molecular weight excluding hydrogens is 326 g/mol. The summed E-state index contributed by atoms with van der Waals surface area (Å²) in [6.07, 6.45) is 0.902. The van der Waals surface area contributed by atoms with Gasteiger partial charge in [0.1, 0.15) is 11.6 Å². The van der Waals surface area contributed by atoms with Gasteiger partial charge in [0.05, 0.1) is 7.11 Å². The summed E-state index contributed by atoms with van der Waals surface area (Å²) in [6, 6.07) is 10.2. The van der Waals surface area contributed by atoms with Crippen LogP contribution in [-0.4, -0.2) is 61.2 Å². The summed E-state index contributed by atoms with van der Waals surface area (Å²) in [5, 5.41) is 3.37. The average Bonchev–Trinajstić information content (AvgIpc) is 2.68. The van der Waals surface area contributed by atoms with Gasteiger partial charge in [-0.05, 0) is 37.6 Å². The summed E-state index contributed by atoms with van der Waals surface area (Å²) in [6.45, 7) is 10.4. The van der Waals surface area contributed by atoms with Crippen LogP contribution in [0.4, 0.5) is 11.8 Å². The molecule has 1 fully saturated rings. The van der Waals surface area contributed by atoms with E-state index in [1.54, 1.807) is 7.11 Å². The predicted molar refractivity (Wildman–Crippen MR) is 106 cm³/mol. The fourth-order valence-corrected chi connectivity index (χ4v) is 3.23. The van der Waals surface area contributed by atoms with Gasteiger partial charge < -0.3 is 19.9 Å². The summed E-state index contributed by atoms with van der Waals surface area (Å²) in [5.74, 6) is 2.63. The van der Waals surface area contributed by atoms with Crippen LogP contribution in [0, 0.1) is 6.92 Å². The number of hydrogen-bond acceptors (Lipinski definition) is 6. The number of ether oxygens (including phenoxy) is 1. The van der Waals surface area contributed by atoms with Crippen molar-refractivity contribution in [2.45, 2.75) is 20.3 Å². The molecule has 140 valence electrons. The second kappa shape index (κ2) is 8.85. The van der Waals surface area contributed by atoms with Gasteiger partial charge in [-0.25, -0.2) is 4.98 Å². The van der Waals surface area contributed by atoms with E-state index in [-0.39, 0.29) is 0 Å². The quantitative estimate of drug-likeness (QED) is 0.824. The number of benzene rings is 1. The van der Waals surface area contributed by atoms with Crippen LogP contribution in [-0.2, 0) is 6.42 Å². The molecule has 0 bridgehead atoms. The number of hydrogen-bond donors (Lipinski definition) is 1. The number of nitrogens with zero attached hydrogens (tertiary/aromatic N) is 4. The molecule has 1 aliphatic rings. The van der Waals surface area contributed by atoms with Crippen molar-refractivity contribution in [2.24, 2.45) is 0 Å². The van der Waals surface area contributed by atoms with E-state index < -0.39 is 0 Å². The zero-order valence-corrected chi connectivity index (χ0v) is 16.0. The largest absolute Gasteiger partial charge is 0.497 e. The minimum Gasteiger partial charge on any atom is -0.497 e. The third-order valence-electron chi connectivity index (χ3n) is 4.82. The summed E-state index contributed by atoms with van der Waals surface area (Å²) in [5.41, 5.74) is 2.23. The maximum atomic E-state index is 5.28. The average molecular weight is 355 g/mol. The Kier molecular flexibility index (Phi) is 6.28. The topological polar surface area (TPSA) is 53.5 Å². The van der Waals surface area contributed by atoms with E-state index in [2.05, 4.69) is 45.2 Å². The van der Waals surface area contributed by atoms with Gasteiger partial charge >= 0.3 is 0 Å². The molecule has 0 spiro atoms. The number of piperazine rings is 1. The molecule has 3 rings (SSSR count). The lowest BCUT2D eigenvalue weighted by molar-refractivity contribution is 0.270. The van der Waals surface area contributed by atoms with E-state index in [9.17, 15) is 0 Å². The second-order valence-corrected chi connectivity index (χ2v) is 6.64. The van der Waals surface area contributed by atoms with E-state index in [1.165, 1.54) is 5.56 Å². The van der Waals surface area contributed by atoms with Crippen molar-refractivity contribution >= 4 is 11.8 Å². The molecule has 2 aromatic rings. The van der Waals surface area contributed by atoms with Crippen molar-refractivity contribution in [1.82, 2.24) is 14.9 Å². The van der Waals surface area contributed by atoms with Gasteiger partial charge in [-0.2, -0.15) is 4.98 Å².